The molecule has 2 aromatic rings. The zero-order chi connectivity index (χ0) is 18.0. The Morgan fingerprint density at radius 3 is 2.58 bits per heavy atom. The van der Waals surface area contributed by atoms with Crippen molar-refractivity contribution in [2.45, 2.75) is 25.2 Å². The van der Waals surface area contributed by atoms with Crippen LogP contribution < -0.4 is 10.2 Å². The van der Waals surface area contributed by atoms with Gasteiger partial charge in [0.05, 0.1) is 10.0 Å². The van der Waals surface area contributed by atoms with Gasteiger partial charge in [0.25, 0.3) is 0 Å². The Balaban J connectivity index is 0.00000243. The van der Waals surface area contributed by atoms with Crippen LogP contribution >= 0.6 is 28.3 Å². The van der Waals surface area contributed by atoms with E-state index in [0.29, 0.717) is 12.5 Å². The molecule has 1 fully saturated rings. The third kappa shape index (κ3) is 5.05. The Morgan fingerprint density at radius 2 is 1.92 bits per heavy atom. The Morgan fingerprint density at radius 1 is 1.23 bits per heavy atom. The van der Waals surface area contributed by atoms with Crippen molar-refractivity contribution in [3.8, 4) is 0 Å². The zero-order valence-electron chi connectivity index (χ0n) is 13.4. The standard InChI is InChI=1S/C16H15BrF4N4.ClH/c17-12-7-23-15(24-8-12)25-4-3-13(9-25)22-6-10-5-11(16(19,20)21)1-2-14(10)18;/h1-2,5,7-8,13,22H,3-4,6,9H2;1H/t13-;/m0./s1. The first-order valence-corrected chi connectivity index (χ1v) is 8.44. The quantitative estimate of drug-likeness (QED) is 0.702. The SMILES string of the molecule is Cl.Fc1ccc(C(F)(F)F)cc1CN[C@H]1CCN(c2ncc(Br)cn2)C1. The van der Waals surface area contributed by atoms with Crippen LogP contribution in [0.15, 0.2) is 35.1 Å². The van der Waals surface area contributed by atoms with Crippen molar-refractivity contribution in [2.75, 3.05) is 18.0 Å². The first-order chi connectivity index (χ1) is 11.8. The van der Waals surface area contributed by atoms with Gasteiger partial charge in [0.15, 0.2) is 0 Å². The number of aromatic nitrogens is 2. The van der Waals surface area contributed by atoms with Crippen molar-refractivity contribution in [1.82, 2.24) is 15.3 Å². The molecule has 1 saturated heterocycles. The van der Waals surface area contributed by atoms with Crippen molar-refractivity contribution in [2.24, 2.45) is 0 Å². The predicted molar refractivity (Wildman–Crippen MR) is 95.8 cm³/mol. The molecule has 10 heteroatoms. The molecule has 0 unspecified atom stereocenters. The maximum absolute atomic E-state index is 13.8. The summed E-state index contributed by atoms with van der Waals surface area (Å²) in [6, 6.07) is 2.49. The molecule has 1 atom stereocenters. The van der Waals surface area contributed by atoms with Crippen LogP contribution in [0, 0.1) is 5.82 Å². The minimum absolute atomic E-state index is 0. The molecule has 0 saturated carbocycles. The van der Waals surface area contributed by atoms with Gasteiger partial charge in [-0.3, -0.25) is 0 Å². The van der Waals surface area contributed by atoms with Crippen LogP contribution in [0.5, 0.6) is 0 Å². The lowest BCUT2D eigenvalue weighted by atomic mass is 10.1. The lowest BCUT2D eigenvalue weighted by Gasteiger charge is -2.17. The van der Waals surface area contributed by atoms with E-state index < -0.39 is 17.6 Å². The Labute approximate surface area is 162 Å². The third-order valence-corrected chi connectivity index (χ3v) is 4.44. The van der Waals surface area contributed by atoms with E-state index in [0.717, 1.165) is 35.6 Å². The van der Waals surface area contributed by atoms with E-state index in [1.807, 2.05) is 4.90 Å². The Bertz CT molecular complexity index is 742. The normalized spacial score (nSPS) is 17.3. The second-order valence-corrected chi connectivity index (χ2v) is 6.73. The van der Waals surface area contributed by atoms with Gasteiger partial charge in [0, 0.05) is 43.6 Å². The lowest BCUT2D eigenvalue weighted by molar-refractivity contribution is -0.137. The van der Waals surface area contributed by atoms with Crippen molar-refractivity contribution >= 4 is 34.3 Å². The van der Waals surface area contributed by atoms with Crippen LogP contribution in [-0.2, 0) is 12.7 Å². The number of halogens is 6. The number of nitrogens with one attached hydrogen (secondary N) is 1. The smallest absolute Gasteiger partial charge is 0.339 e. The summed E-state index contributed by atoms with van der Waals surface area (Å²) in [5.74, 6) is -0.0515. The summed E-state index contributed by atoms with van der Waals surface area (Å²) in [4.78, 5) is 10.4. The van der Waals surface area contributed by atoms with E-state index in [9.17, 15) is 17.6 Å². The first kappa shape index (κ1) is 20.9. The van der Waals surface area contributed by atoms with Gasteiger partial charge in [-0.25, -0.2) is 14.4 Å². The van der Waals surface area contributed by atoms with E-state index >= 15 is 0 Å². The Hall–Kier alpha value is -1.45. The van der Waals surface area contributed by atoms with Gasteiger partial charge in [-0.2, -0.15) is 13.2 Å². The van der Waals surface area contributed by atoms with Crippen molar-refractivity contribution in [3.63, 3.8) is 0 Å². The summed E-state index contributed by atoms with van der Waals surface area (Å²) >= 11 is 3.27. The van der Waals surface area contributed by atoms with Crippen LogP contribution in [0.25, 0.3) is 0 Å². The summed E-state index contributed by atoms with van der Waals surface area (Å²) < 4.78 is 52.8. The number of benzene rings is 1. The van der Waals surface area contributed by atoms with Gasteiger partial charge in [0.1, 0.15) is 5.82 Å². The maximum Gasteiger partial charge on any atom is 0.416 e. The molecule has 0 amide bonds. The molecule has 4 nitrogen and oxygen atoms in total. The molecule has 1 aliphatic rings. The molecule has 1 N–H and O–H groups in total. The monoisotopic (exact) mass is 454 g/mol. The molecule has 2 heterocycles. The number of rotatable bonds is 4. The van der Waals surface area contributed by atoms with Crippen molar-refractivity contribution < 1.29 is 17.6 Å². The van der Waals surface area contributed by atoms with E-state index in [2.05, 4.69) is 31.2 Å². The number of hydrogen-bond donors (Lipinski definition) is 1. The van der Waals surface area contributed by atoms with Gasteiger partial charge in [-0.1, -0.05) is 0 Å². The highest BCUT2D eigenvalue weighted by atomic mass is 79.9. The average molecular weight is 456 g/mol. The first-order valence-electron chi connectivity index (χ1n) is 7.64. The minimum Gasteiger partial charge on any atom is -0.339 e. The molecule has 1 aromatic heterocycles. The number of anilines is 1. The van der Waals surface area contributed by atoms with Crippen LogP contribution in [0.4, 0.5) is 23.5 Å². The summed E-state index contributed by atoms with van der Waals surface area (Å²) in [6.45, 7) is 1.38. The number of alkyl halides is 3. The second-order valence-electron chi connectivity index (χ2n) is 5.82. The molecule has 1 aliphatic heterocycles. The average Bonchev–Trinajstić information content (AvgIpc) is 3.02. The fraction of sp³-hybridized carbons (Fsp3) is 0.375. The van der Waals surface area contributed by atoms with Crippen LogP contribution in [0.1, 0.15) is 17.5 Å². The van der Waals surface area contributed by atoms with Crippen molar-refractivity contribution in [1.29, 1.82) is 0 Å². The predicted octanol–water partition coefficient (Wildman–Crippen LogP) is 4.19. The van der Waals surface area contributed by atoms with Crippen LogP contribution in [-0.4, -0.2) is 29.1 Å². The molecular formula is C16H16BrClF4N4. The lowest BCUT2D eigenvalue weighted by Crippen LogP contribution is -2.33. The largest absolute Gasteiger partial charge is 0.416 e. The molecule has 26 heavy (non-hydrogen) atoms. The highest BCUT2D eigenvalue weighted by molar-refractivity contribution is 9.10. The molecular weight excluding hydrogens is 440 g/mol. The molecule has 0 aliphatic carbocycles. The highest BCUT2D eigenvalue weighted by Gasteiger charge is 2.31. The van der Waals surface area contributed by atoms with Gasteiger partial charge in [-0.15, -0.1) is 12.4 Å². The zero-order valence-corrected chi connectivity index (χ0v) is 15.8. The fourth-order valence-corrected chi connectivity index (χ4v) is 2.92. The molecule has 0 bridgehead atoms. The van der Waals surface area contributed by atoms with Gasteiger partial charge in [0.2, 0.25) is 5.95 Å². The summed E-state index contributed by atoms with van der Waals surface area (Å²) in [6.07, 6.45) is -0.395. The van der Waals surface area contributed by atoms with Crippen molar-refractivity contribution in [3.05, 3.63) is 52.0 Å². The Kier molecular flexibility index (Phi) is 6.81. The van der Waals surface area contributed by atoms with Gasteiger partial charge in [-0.05, 0) is 40.5 Å². The van der Waals surface area contributed by atoms with Gasteiger partial charge < -0.3 is 10.2 Å². The molecule has 0 radical (unpaired) electrons. The van der Waals surface area contributed by atoms with E-state index in [1.54, 1.807) is 12.4 Å². The second kappa shape index (κ2) is 8.49. The third-order valence-electron chi connectivity index (χ3n) is 4.03. The summed E-state index contributed by atoms with van der Waals surface area (Å²) in [5, 5.41) is 3.11. The molecule has 142 valence electrons. The topological polar surface area (TPSA) is 41.0 Å². The highest BCUT2D eigenvalue weighted by Crippen LogP contribution is 2.30. The number of hydrogen-bond acceptors (Lipinski definition) is 4. The summed E-state index contributed by atoms with van der Waals surface area (Å²) in [5.41, 5.74) is -0.838. The molecule has 0 spiro atoms. The van der Waals surface area contributed by atoms with E-state index in [1.165, 1.54) is 0 Å². The minimum atomic E-state index is -4.48. The summed E-state index contributed by atoms with van der Waals surface area (Å²) in [7, 11) is 0. The molecule has 1 aromatic carbocycles. The molecule has 3 rings (SSSR count). The van der Waals surface area contributed by atoms with Crippen LogP contribution in [0.3, 0.4) is 0 Å². The van der Waals surface area contributed by atoms with Gasteiger partial charge >= 0.3 is 6.18 Å². The van der Waals surface area contributed by atoms with Crippen LogP contribution in [0.2, 0.25) is 0 Å². The van der Waals surface area contributed by atoms with E-state index in [4.69, 9.17) is 0 Å². The fourth-order valence-electron chi connectivity index (χ4n) is 2.72. The van der Waals surface area contributed by atoms with E-state index in [-0.39, 0.29) is 30.6 Å². The number of nitrogens with zero attached hydrogens (tertiary/aromatic N) is 3. The maximum atomic E-state index is 13.8.